The molecule has 2 aliphatic rings. The fraction of sp³-hybridized carbons (Fsp3) is 0.688. The number of piperidine rings is 1. The SMILES string of the molecule is CCc1ncnc(N2CCC(C(=O)N3CCCC3)CC2)c1F. The lowest BCUT2D eigenvalue weighted by molar-refractivity contribution is -0.135. The van der Waals surface area contributed by atoms with Crippen LogP contribution < -0.4 is 4.90 Å². The van der Waals surface area contributed by atoms with E-state index >= 15 is 0 Å². The highest BCUT2D eigenvalue weighted by Gasteiger charge is 2.31. The number of amides is 1. The third kappa shape index (κ3) is 2.91. The fourth-order valence-electron chi connectivity index (χ4n) is 3.40. The molecule has 2 saturated heterocycles. The Morgan fingerprint density at radius 2 is 1.91 bits per heavy atom. The lowest BCUT2D eigenvalue weighted by Gasteiger charge is -2.34. The molecule has 3 heterocycles. The van der Waals surface area contributed by atoms with E-state index in [0.29, 0.717) is 31.0 Å². The summed E-state index contributed by atoms with van der Waals surface area (Å²) in [6.45, 7) is 5.05. The molecule has 22 heavy (non-hydrogen) atoms. The molecule has 6 heteroatoms. The van der Waals surface area contributed by atoms with Gasteiger partial charge < -0.3 is 9.80 Å². The predicted molar refractivity (Wildman–Crippen MR) is 82.1 cm³/mol. The smallest absolute Gasteiger partial charge is 0.225 e. The molecule has 1 aromatic heterocycles. The predicted octanol–water partition coefficient (Wildman–Crippen LogP) is 2.02. The molecule has 5 nitrogen and oxygen atoms in total. The van der Waals surface area contributed by atoms with Crippen molar-refractivity contribution in [1.29, 1.82) is 0 Å². The maximum Gasteiger partial charge on any atom is 0.225 e. The number of rotatable bonds is 3. The second-order valence-electron chi connectivity index (χ2n) is 6.11. The Bertz CT molecular complexity index is 537. The zero-order chi connectivity index (χ0) is 15.5. The van der Waals surface area contributed by atoms with Crippen molar-refractivity contribution in [2.45, 2.75) is 39.0 Å². The zero-order valence-electron chi connectivity index (χ0n) is 13.1. The van der Waals surface area contributed by atoms with Crippen molar-refractivity contribution >= 4 is 11.7 Å². The molecule has 0 aliphatic carbocycles. The largest absolute Gasteiger partial charge is 0.354 e. The number of hydrogen-bond donors (Lipinski definition) is 0. The first-order valence-corrected chi connectivity index (χ1v) is 8.23. The summed E-state index contributed by atoms with van der Waals surface area (Å²) in [5, 5.41) is 0. The first-order valence-electron chi connectivity index (χ1n) is 8.23. The van der Waals surface area contributed by atoms with Gasteiger partial charge in [-0.05, 0) is 32.1 Å². The Balaban J connectivity index is 1.63. The van der Waals surface area contributed by atoms with E-state index < -0.39 is 0 Å². The lowest BCUT2D eigenvalue weighted by Crippen LogP contribution is -2.42. The number of carbonyl (C=O) groups is 1. The number of nitrogens with zero attached hydrogens (tertiary/aromatic N) is 4. The average Bonchev–Trinajstić information content (AvgIpc) is 3.09. The van der Waals surface area contributed by atoms with Crippen molar-refractivity contribution in [2.24, 2.45) is 5.92 Å². The Morgan fingerprint density at radius 3 is 2.55 bits per heavy atom. The topological polar surface area (TPSA) is 49.3 Å². The molecular weight excluding hydrogens is 283 g/mol. The van der Waals surface area contributed by atoms with Crippen LogP contribution in [-0.4, -0.2) is 47.0 Å². The van der Waals surface area contributed by atoms with Gasteiger partial charge in [-0.1, -0.05) is 6.92 Å². The van der Waals surface area contributed by atoms with E-state index in [2.05, 4.69) is 9.97 Å². The number of anilines is 1. The Morgan fingerprint density at radius 1 is 1.23 bits per heavy atom. The van der Waals surface area contributed by atoms with Gasteiger partial charge in [-0.15, -0.1) is 0 Å². The molecule has 1 amide bonds. The van der Waals surface area contributed by atoms with Gasteiger partial charge in [-0.2, -0.15) is 0 Å². The van der Waals surface area contributed by atoms with Crippen LogP contribution in [0.25, 0.3) is 0 Å². The summed E-state index contributed by atoms with van der Waals surface area (Å²) in [6.07, 6.45) is 5.79. The molecule has 3 rings (SSSR count). The monoisotopic (exact) mass is 306 g/mol. The molecule has 0 unspecified atom stereocenters. The first-order chi connectivity index (χ1) is 10.7. The molecule has 0 spiro atoms. The number of hydrogen-bond acceptors (Lipinski definition) is 4. The maximum atomic E-state index is 14.3. The van der Waals surface area contributed by atoms with Gasteiger partial charge in [0.15, 0.2) is 11.6 Å². The molecule has 120 valence electrons. The summed E-state index contributed by atoms with van der Waals surface area (Å²) < 4.78 is 14.3. The van der Waals surface area contributed by atoms with Gasteiger partial charge in [0.25, 0.3) is 0 Å². The highest BCUT2D eigenvalue weighted by atomic mass is 19.1. The van der Waals surface area contributed by atoms with Gasteiger partial charge >= 0.3 is 0 Å². The summed E-state index contributed by atoms with van der Waals surface area (Å²) in [6, 6.07) is 0. The summed E-state index contributed by atoms with van der Waals surface area (Å²) in [5.41, 5.74) is 0.459. The van der Waals surface area contributed by atoms with Crippen LogP contribution in [0.15, 0.2) is 6.33 Å². The van der Waals surface area contributed by atoms with E-state index in [-0.39, 0.29) is 17.6 Å². The normalized spacial score (nSPS) is 19.7. The van der Waals surface area contributed by atoms with Crippen molar-refractivity contribution in [3.63, 3.8) is 0 Å². The Hall–Kier alpha value is -1.72. The van der Waals surface area contributed by atoms with Gasteiger partial charge in [0.2, 0.25) is 5.91 Å². The highest BCUT2D eigenvalue weighted by molar-refractivity contribution is 5.79. The van der Waals surface area contributed by atoms with E-state index in [1.807, 2.05) is 16.7 Å². The first kappa shape index (κ1) is 15.2. The second-order valence-corrected chi connectivity index (χ2v) is 6.11. The van der Waals surface area contributed by atoms with Crippen LogP contribution in [0.2, 0.25) is 0 Å². The fourth-order valence-corrected chi connectivity index (χ4v) is 3.40. The van der Waals surface area contributed by atoms with E-state index in [9.17, 15) is 9.18 Å². The average molecular weight is 306 g/mol. The third-order valence-electron chi connectivity index (χ3n) is 4.74. The molecule has 0 radical (unpaired) electrons. The van der Waals surface area contributed by atoms with Crippen LogP contribution in [0.1, 0.15) is 38.3 Å². The van der Waals surface area contributed by atoms with E-state index in [4.69, 9.17) is 0 Å². The number of aromatic nitrogens is 2. The molecule has 1 aromatic rings. The standard InChI is InChI=1S/C16H23FN4O/c1-2-13-14(17)15(19-11-18-13)20-9-5-12(6-10-20)16(22)21-7-3-4-8-21/h11-12H,2-10H2,1H3. The van der Waals surface area contributed by atoms with Crippen molar-refractivity contribution in [2.75, 3.05) is 31.1 Å². The van der Waals surface area contributed by atoms with Crippen molar-refractivity contribution < 1.29 is 9.18 Å². The highest BCUT2D eigenvalue weighted by Crippen LogP contribution is 2.26. The van der Waals surface area contributed by atoms with Crippen LogP contribution in [0.5, 0.6) is 0 Å². The molecule has 0 bridgehead atoms. The molecule has 0 atom stereocenters. The Labute approximate surface area is 130 Å². The lowest BCUT2D eigenvalue weighted by atomic mass is 9.95. The number of aryl methyl sites for hydroxylation is 1. The molecule has 0 aromatic carbocycles. The van der Waals surface area contributed by atoms with Crippen molar-refractivity contribution in [1.82, 2.24) is 14.9 Å². The van der Waals surface area contributed by atoms with Gasteiger partial charge in [-0.25, -0.2) is 14.4 Å². The molecule has 2 fully saturated rings. The number of carbonyl (C=O) groups excluding carboxylic acids is 1. The van der Waals surface area contributed by atoms with Crippen LogP contribution in [0, 0.1) is 11.7 Å². The maximum absolute atomic E-state index is 14.3. The van der Waals surface area contributed by atoms with Crippen molar-refractivity contribution in [3.8, 4) is 0 Å². The number of likely N-dealkylation sites (tertiary alicyclic amines) is 1. The third-order valence-corrected chi connectivity index (χ3v) is 4.74. The van der Waals surface area contributed by atoms with E-state index in [0.717, 1.165) is 38.8 Å². The van der Waals surface area contributed by atoms with Gasteiger partial charge in [0, 0.05) is 32.1 Å². The minimum atomic E-state index is -0.311. The summed E-state index contributed by atoms with van der Waals surface area (Å²) >= 11 is 0. The second kappa shape index (κ2) is 6.58. The van der Waals surface area contributed by atoms with Gasteiger partial charge in [0.05, 0.1) is 5.69 Å². The van der Waals surface area contributed by atoms with Crippen LogP contribution in [0.4, 0.5) is 10.2 Å². The van der Waals surface area contributed by atoms with Crippen LogP contribution in [-0.2, 0) is 11.2 Å². The number of halogens is 1. The van der Waals surface area contributed by atoms with Gasteiger partial charge in [0.1, 0.15) is 6.33 Å². The molecule has 2 aliphatic heterocycles. The van der Waals surface area contributed by atoms with E-state index in [1.165, 1.54) is 6.33 Å². The summed E-state index contributed by atoms with van der Waals surface area (Å²) in [5.74, 6) is 0.452. The Kier molecular flexibility index (Phi) is 4.55. The zero-order valence-corrected chi connectivity index (χ0v) is 13.1. The minimum Gasteiger partial charge on any atom is -0.354 e. The van der Waals surface area contributed by atoms with Crippen molar-refractivity contribution in [3.05, 3.63) is 17.8 Å². The summed E-state index contributed by atoms with van der Waals surface area (Å²) in [7, 11) is 0. The van der Waals surface area contributed by atoms with Crippen LogP contribution >= 0.6 is 0 Å². The quantitative estimate of drug-likeness (QED) is 0.857. The molecule has 0 N–H and O–H groups in total. The molecular formula is C16H23FN4O. The molecule has 0 saturated carbocycles. The summed E-state index contributed by atoms with van der Waals surface area (Å²) in [4.78, 5) is 24.4. The van der Waals surface area contributed by atoms with Crippen LogP contribution in [0.3, 0.4) is 0 Å². The van der Waals surface area contributed by atoms with Gasteiger partial charge in [-0.3, -0.25) is 4.79 Å². The minimum absolute atomic E-state index is 0.0879. The van der Waals surface area contributed by atoms with E-state index in [1.54, 1.807) is 0 Å².